The predicted molar refractivity (Wildman–Crippen MR) is 90.3 cm³/mol. The van der Waals surface area contributed by atoms with Gasteiger partial charge in [0.1, 0.15) is 11.5 Å². The number of hydrogen-bond acceptors (Lipinski definition) is 4. The highest BCUT2D eigenvalue weighted by molar-refractivity contribution is 7.91. The first-order chi connectivity index (χ1) is 10.0. The van der Waals surface area contributed by atoms with E-state index in [0.717, 1.165) is 17.1 Å². The fraction of sp³-hybridized carbons (Fsp3) is 0.333. The number of hydrogen-bond donors (Lipinski definition) is 1. The maximum absolute atomic E-state index is 11.4. The first-order valence-corrected chi connectivity index (χ1v) is 9.00. The zero-order chi connectivity index (χ0) is 14.9. The summed E-state index contributed by atoms with van der Waals surface area (Å²) in [6, 6.07) is 11.3. The molecule has 7 heteroatoms. The largest absolute Gasteiger partial charge is 0.460 e. The van der Waals surface area contributed by atoms with Gasteiger partial charge in [-0.2, -0.15) is 0 Å². The van der Waals surface area contributed by atoms with Crippen LogP contribution in [0.3, 0.4) is 0 Å². The number of rotatable bonds is 4. The summed E-state index contributed by atoms with van der Waals surface area (Å²) in [6.07, 6.45) is 0.674. The Kier molecular flexibility index (Phi) is 5.55. The summed E-state index contributed by atoms with van der Waals surface area (Å²) in [4.78, 5) is 0. The molecule has 1 fully saturated rings. The van der Waals surface area contributed by atoms with E-state index in [9.17, 15) is 8.42 Å². The Morgan fingerprint density at radius 2 is 1.91 bits per heavy atom. The van der Waals surface area contributed by atoms with Crippen LogP contribution in [-0.2, 0) is 16.4 Å². The number of nitrogens with one attached hydrogen (secondary N) is 1. The van der Waals surface area contributed by atoms with Crippen molar-refractivity contribution in [2.45, 2.75) is 19.0 Å². The second-order valence-corrected chi connectivity index (χ2v) is 7.92. The highest BCUT2D eigenvalue weighted by atomic mass is 35.5. The second kappa shape index (κ2) is 7.04. The van der Waals surface area contributed by atoms with Crippen molar-refractivity contribution in [3.8, 4) is 11.3 Å². The van der Waals surface area contributed by atoms with Gasteiger partial charge in [0.15, 0.2) is 9.84 Å². The minimum absolute atomic E-state index is 0. The lowest BCUT2D eigenvalue weighted by Gasteiger charge is -2.08. The lowest BCUT2D eigenvalue weighted by atomic mass is 10.2. The first kappa shape index (κ1) is 17.3. The molecule has 1 aromatic heterocycles. The fourth-order valence-corrected chi connectivity index (χ4v) is 4.28. The molecule has 3 rings (SSSR count). The predicted octanol–water partition coefficient (Wildman–Crippen LogP) is 3.30. The summed E-state index contributed by atoms with van der Waals surface area (Å²) < 4.78 is 28.6. The van der Waals surface area contributed by atoms with Crippen molar-refractivity contribution >= 4 is 33.8 Å². The van der Waals surface area contributed by atoms with Crippen molar-refractivity contribution in [3.63, 3.8) is 0 Å². The Bertz CT molecular complexity index is 726. The molecular formula is C15H17Cl2NO3S. The zero-order valence-corrected chi connectivity index (χ0v) is 14.2. The van der Waals surface area contributed by atoms with Gasteiger partial charge in [0, 0.05) is 16.6 Å². The average molecular weight is 362 g/mol. The Hall–Kier alpha value is -1.01. The molecule has 0 saturated carbocycles. The summed E-state index contributed by atoms with van der Waals surface area (Å²) in [6.45, 7) is 0.535. The van der Waals surface area contributed by atoms with Crippen molar-refractivity contribution in [1.82, 2.24) is 5.32 Å². The van der Waals surface area contributed by atoms with Crippen LogP contribution >= 0.6 is 24.0 Å². The van der Waals surface area contributed by atoms with Gasteiger partial charge >= 0.3 is 0 Å². The Balaban J connectivity index is 0.00000176. The molecule has 1 N–H and O–H groups in total. The molecule has 0 spiro atoms. The van der Waals surface area contributed by atoms with Gasteiger partial charge in [0.25, 0.3) is 0 Å². The van der Waals surface area contributed by atoms with Crippen LogP contribution in [0.25, 0.3) is 11.3 Å². The van der Waals surface area contributed by atoms with E-state index < -0.39 is 9.84 Å². The summed E-state index contributed by atoms with van der Waals surface area (Å²) in [5.41, 5.74) is 0.967. The quantitative estimate of drug-likeness (QED) is 0.907. The lowest BCUT2D eigenvalue weighted by molar-refractivity contribution is 0.464. The summed E-state index contributed by atoms with van der Waals surface area (Å²) in [5.74, 6) is 2.07. The van der Waals surface area contributed by atoms with Crippen molar-refractivity contribution in [1.29, 1.82) is 0 Å². The highest BCUT2D eigenvalue weighted by Gasteiger charge is 2.27. The minimum atomic E-state index is -2.85. The Morgan fingerprint density at radius 1 is 1.18 bits per heavy atom. The summed E-state index contributed by atoms with van der Waals surface area (Å²) >= 11 is 5.86. The molecule has 4 nitrogen and oxygen atoms in total. The fourth-order valence-electron chi connectivity index (χ4n) is 2.44. The van der Waals surface area contributed by atoms with Crippen LogP contribution in [0.1, 0.15) is 12.2 Å². The molecule has 2 aromatic rings. The van der Waals surface area contributed by atoms with Crippen LogP contribution in [0.5, 0.6) is 0 Å². The van der Waals surface area contributed by atoms with Gasteiger partial charge in [-0.15, -0.1) is 12.4 Å². The third kappa shape index (κ3) is 4.26. The van der Waals surface area contributed by atoms with Crippen molar-refractivity contribution < 1.29 is 12.8 Å². The van der Waals surface area contributed by atoms with Crippen LogP contribution in [0.15, 0.2) is 40.8 Å². The highest BCUT2D eigenvalue weighted by Crippen LogP contribution is 2.24. The Labute approximate surface area is 141 Å². The monoisotopic (exact) mass is 361 g/mol. The second-order valence-electron chi connectivity index (χ2n) is 5.25. The van der Waals surface area contributed by atoms with Crippen LogP contribution in [-0.4, -0.2) is 26.0 Å². The molecular weight excluding hydrogens is 345 g/mol. The van der Waals surface area contributed by atoms with E-state index in [1.807, 2.05) is 36.4 Å². The minimum Gasteiger partial charge on any atom is -0.460 e. The third-order valence-electron chi connectivity index (χ3n) is 3.59. The van der Waals surface area contributed by atoms with Gasteiger partial charge in [-0.25, -0.2) is 8.42 Å². The van der Waals surface area contributed by atoms with E-state index in [0.29, 0.717) is 18.0 Å². The number of sulfone groups is 1. The van der Waals surface area contributed by atoms with Crippen LogP contribution in [0.4, 0.5) is 0 Å². The number of furan rings is 1. The van der Waals surface area contributed by atoms with Crippen LogP contribution < -0.4 is 5.32 Å². The van der Waals surface area contributed by atoms with E-state index in [1.54, 1.807) is 0 Å². The van der Waals surface area contributed by atoms with Gasteiger partial charge in [0.05, 0.1) is 18.1 Å². The molecule has 22 heavy (non-hydrogen) atoms. The Morgan fingerprint density at radius 3 is 2.55 bits per heavy atom. The maximum Gasteiger partial charge on any atom is 0.151 e. The molecule has 1 aliphatic heterocycles. The molecule has 0 amide bonds. The molecule has 1 aliphatic rings. The van der Waals surface area contributed by atoms with Gasteiger partial charge in [-0.3, -0.25) is 0 Å². The lowest BCUT2D eigenvalue weighted by Crippen LogP contribution is -2.29. The van der Waals surface area contributed by atoms with Crippen molar-refractivity contribution in [2.75, 3.05) is 11.5 Å². The van der Waals surface area contributed by atoms with E-state index in [4.69, 9.17) is 16.0 Å². The first-order valence-electron chi connectivity index (χ1n) is 6.80. The average Bonchev–Trinajstić information content (AvgIpc) is 3.04. The maximum atomic E-state index is 11.4. The van der Waals surface area contributed by atoms with E-state index in [-0.39, 0.29) is 30.0 Å². The molecule has 1 unspecified atom stereocenters. The molecule has 1 saturated heterocycles. The van der Waals surface area contributed by atoms with Gasteiger partial charge in [0.2, 0.25) is 0 Å². The van der Waals surface area contributed by atoms with E-state index in [1.165, 1.54) is 0 Å². The zero-order valence-electron chi connectivity index (χ0n) is 11.8. The van der Waals surface area contributed by atoms with Crippen molar-refractivity contribution in [3.05, 3.63) is 47.2 Å². The standard InChI is InChI=1S/C15H16ClNO3S.ClH/c16-12-3-1-11(2-4-12)15-6-5-14(20-15)9-17-13-7-8-21(18,19)10-13;/h1-6,13,17H,7-10H2;1H. The summed E-state index contributed by atoms with van der Waals surface area (Å²) in [7, 11) is -2.85. The van der Waals surface area contributed by atoms with Gasteiger partial charge in [-0.1, -0.05) is 11.6 Å². The third-order valence-corrected chi connectivity index (χ3v) is 5.61. The van der Waals surface area contributed by atoms with Gasteiger partial charge in [-0.05, 0) is 42.8 Å². The van der Waals surface area contributed by atoms with Gasteiger partial charge < -0.3 is 9.73 Å². The molecule has 0 aliphatic carbocycles. The molecule has 120 valence electrons. The SMILES string of the molecule is Cl.O=S1(=O)CCC(NCc2ccc(-c3ccc(Cl)cc3)o2)C1. The topological polar surface area (TPSA) is 59.3 Å². The smallest absolute Gasteiger partial charge is 0.151 e. The molecule has 1 atom stereocenters. The van der Waals surface area contributed by atoms with E-state index in [2.05, 4.69) is 5.32 Å². The van der Waals surface area contributed by atoms with Crippen molar-refractivity contribution in [2.24, 2.45) is 0 Å². The number of halogens is 2. The molecule has 2 heterocycles. The van der Waals surface area contributed by atoms with E-state index >= 15 is 0 Å². The molecule has 0 bridgehead atoms. The van der Waals surface area contributed by atoms with Crippen LogP contribution in [0.2, 0.25) is 5.02 Å². The number of benzene rings is 1. The summed E-state index contributed by atoms with van der Waals surface area (Å²) in [5, 5.41) is 3.92. The van der Waals surface area contributed by atoms with Crippen LogP contribution in [0, 0.1) is 0 Å². The molecule has 1 aromatic carbocycles. The normalized spacial score (nSPS) is 19.8. The molecule has 0 radical (unpaired) electrons.